The molecule has 1 amide bonds. The highest BCUT2D eigenvalue weighted by molar-refractivity contribution is 5.92. The van der Waals surface area contributed by atoms with Gasteiger partial charge in [-0.2, -0.15) is 0 Å². The van der Waals surface area contributed by atoms with Crippen LogP contribution in [0.5, 0.6) is 0 Å². The number of nitrogens with one attached hydrogen (secondary N) is 1. The second-order valence-corrected chi connectivity index (χ2v) is 12.5. The maximum Gasteiger partial charge on any atom is 0.227 e. The van der Waals surface area contributed by atoms with Crippen molar-refractivity contribution < 1.29 is 4.79 Å². The zero-order valence-corrected chi connectivity index (χ0v) is 25.5. The van der Waals surface area contributed by atoms with Gasteiger partial charge in [0.15, 0.2) is 0 Å². The van der Waals surface area contributed by atoms with Crippen LogP contribution in [0.2, 0.25) is 0 Å². The molecule has 7 nitrogen and oxygen atoms in total. The highest BCUT2D eigenvalue weighted by Gasteiger charge is 2.35. The van der Waals surface area contributed by atoms with Crippen molar-refractivity contribution in [3.8, 4) is 0 Å². The van der Waals surface area contributed by atoms with E-state index < -0.39 is 5.54 Å². The van der Waals surface area contributed by atoms with Crippen LogP contribution >= 0.6 is 0 Å². The van der Waals surface area contributed by atoms with Crippen LogP contribution in [0.25, 0.3) is 10.9 Å². The van der Waals surface area contributed by atoms with Crippen molar-refractivity contribution in [1.29, 1.82) is 0 Å². The molecule has 2 fully saturated rings. The average Bonchev–Trinajstić information content (AvgIpc) is 3.76. The maximum atomic E-state index is 13.1. The summed E-state index contributed by atoms with van der Waals surface area (Å²) in [5.74, 6) is 0.964. The van der Waals surface area contributed by atoms with Crippen LogP contribution in [0.15, 0.2) is 89.9 Å². The quantitative estimate of drug-likeness (QED) is 0.257. The number of anilines is 2. The largest absolute Gasteiger partial charge is 0.341 e. The number of benzene rings is 3. The van der Waals surface area contributed by atoms with Gasteiger partial charge in [-0.05, 0) is 92.7 Å². The van der Waals surface area contributed by atoms with Crippen molar-refractivity contribution in [1.82, 2.24) is 14.9 Å². The molecule has 1 aromatic heterocycles. The van der Waals surface area contributed by atoms with Gasteiger partial charge in [-0.1, -0.05) is 54.6 Å². The maximum absolute atomic E-state index is 13.1. The third-order valence-electron chi connectivity index (χ3n) is 9.30. The molecule has 4 aromatic rings. The fourth-order valence-electron chi connectivity index (χ4n) is 6.82. The molecule has 1 atom stereocenters. The van der Waals surface area contributed by atoms with Gasteiger partial charge in [-0.3, -0.25) is 14.7 Å². The highest BCUT2D eigenvalue weighted by atomic mass is 16.1. The topological polar surface area (TPSA) is 73.7 Å². The number of allylic oxidation sites excluding steroid dienone is 1. The van der Waals surface area contributed by atoms with Gasteiger partial charge in [0, 0.05) is 49.3 Å². The van der Waals surface area contributed by atoms with Crippen molar-refractivity contribution in [3.63, 3.8) is 0 Å². The van der Waals surface area contributed by atoms with Crippen LogP contribution < -0.4 is 10.2 Å². The third kappa shape index (κ3) is 6.02. The molecule has 3 aliphatic heterocycles. The smallest absolute Gasteiger partial charge is 0.227 e. The molecule has 1 N–H and O–H groups in total. The van der Waals surface area contributed by atoms with E-state index in [2.05, 4.69) is 88.8 Å². The van der Waals surface area contributed by atoms with Crippen LogP contribution in [0.1, 0.15) is 48.1 Å². The monoisotopic (exact) mass is 584 g/mol. The van der Waals surface area contributed by atoms with Crippen molar-refractivity contribution >= 4 is 34.7 Å². The van der Waals surface area contributed by atoms with E-state index in [4.69, 9.17) is 15.0 Å². The Hall–Kier alpha value is -4.36. The molecule has 4 heterocycles. The van der Waals surface area contributed by atoms with E-state index in [0.717, 1.165) is 79.4 Å². The van der Waals surface area contributed by atoms with Gasteiger partial charge in [0.2, 0.25) is 11.9 Å². The van der Waals surface area contributed by atoms with Crippen molar-refractivity contribution in [2.45, 2.75) is 51.1 Å². The molecule has 44 heavy (non-hydrogen) atoms. The minimum atomic E-state index is -0.608. The normalized spacial score (nSPS) is 20.5. The standard InChI is InChI=1S/C37H40N6O/c1-27-10-15-32-33(24-27)40-36(43-20-5-6-21-43)41-34(32)37(18-7-19-38-37)25-28-11-13-31(14-12-28)39-35(44)30-16-22-42(23-17-30)26-29-8-3-2-4-9-29/h2-4,7-15,18-19,24,30H,5-6,16-17,20-23,25-26H2,1H3,(H,39,44). The highest BCUT2D eigenvalue weighted by Crippen LogP contribution is 2.38. The molecule has 1 unspecified atom stereocenters. The number of nitrogens with zero attached hydrogens (tertiary/aromatic N) is 5. The summed E-state index contributed by atoms with van der Waals surface area (Å²) in [5.41, 5.74) is 5.80. The fourth-order valence-corrected chi connectivity index (χ4v) is 6.82. The van der Waals surface area contributed by atoms with Crippen molar-refractivity contribution in [2.75, 3.05) is 36.4 Å². The van der Waals surface area contributed by atoms with E-state index in [1.54, 1.807) is 0 Å². The summed E-state index contributed by atoms with van der Waals surface area (Å²) in [6, 6.07) is 25.2. The van der Waals surface area contributed by atoms with Crippen molar-refractivity contribution in [3.05, 3.63) is 107 Å². The Kier molecular flexibility index (Phi) is 7.96. The summed E-state index contributed by atoms with van der Waals surface area (Å²) < 4.78 is 0. The molecule has 2 saturated heterocycles. The Bertz CT molecular complexity index is 1670. The SMILES string of the molecule is Cc1ccc2c(C3(Cc4ccc(NC(=O)C5CCN(Cc6ccccc6)CC5)cc4)C=CC=N3)nc(N3CCCC3)nc2c1. The number of aliphatic imine (C=N–C) groups is 1. The molecule has 224 valence electrons. The Labute approximate surface area is 259 Å². The first-order valence-corrected chi connectivity index (χ1v) is 16.0. The first-order valence-electron chi connectivity index (χ1n) is 16.0. The number of fused-ring (bicyclic) bond motifs is 1. The molecular weight excluding hydrogens is 544 g/mol. The lowest BCUT2D eigenvalue weighted by Crippen LogP contribution is -2.37. The molecule has 0 saturated carbocycles. The number of hydrogen-bond donors (Lipinski definition) is 1. The molecule has 0 spiro atoms. The van der Waals surface area contributed by atoms with Crippen LogP contribution in [0, 0.1) is 12.8 Å². The predicted octanol–water partition coefficient (Wildman–Crippen LogP) is 6.47. The van der Waals surface area contributed by atoms with E-state index in [0.29, 0.717) is 6.42 Å². The summed E-state index contributed by atoms with van der Waals surface area (Å²) in [6.07, 6.45) is 10.9. The Morgan fingerprint density at radius 2 is 1.68 bits per heavy atom. The van der Waals surface area contributed by atoms with Crippen LogP contribution in [-0.4, -0.2) is 53.2 Å². The third-order valence-corrected chi connectivity index (χ3v) is 9.30. The zero-order valence-electron chi connectivity index (χ0n) is 25.5. The van der Waals surface area contributed by atoms with Crippen LogP contribution in [-0.2, 0) is 23.3 Å². The number of carbonyl (C=O) groups is 1. The lowest BCUT2D eigenvalue weighted by Gasteiger charge is -2.31. The predicted molar refractivity (Wildman–Crippen MR) is 178 cm³/mol. The number of aromatic nitrogens is 2. The zero-order chi connectivity index (χ0) is 29.9. The molecule has 3 aromatic carbocycles. The summed E-state index contributed by atoms with van der Waals surface area (Å²) in [7, 11) is 0. The second-order valence-electron chi connectivity index (χ2n) is 12.5. The van der Waals surface area contributed by atoms with Gasteiger partial charge in [0.1, 0.15) is 5.54 Å². The Balaban J connectivity index is 1.05. The van der Waals surface area contributed by atoms with Crippen LogP contribution in [0.3, 0.4) is 0 Å². The van der Waals surface area contributed by atoms with Gasteiger partial charge in [-0.25, -0.2) is 9.97 Å². The molecule has 0 radical (unpaired) electrons. The van der Waals surface area contributed by atoms with E-state index in [1.807, 2.05) is 24.4 Å². The van der Waals surface area contributed by atoms with Gasteiger partial charge in [0.05, 0.1) is 11.2 Å². The molecular formula is C37H40N6O. The summed E-state index contributed by atoms with van der Waals surface area (Å²) in [6.45, 7) is 6.92. The molecule has 7 rings (SSSR count). The van der Waals surface area contributed by atoms with Crippen LogP contribution in [0.4, 0.5) is 11.6 Å². The first-order chi connectivity index (χ1) is 21.5. The number of likely N-dealkylation sites (tertiary alicyclic amines) is 1. The minimum absolute atomic E-state index is 0.0439. The average molecular weight is 585 g/mol. The summed E-state index contributed by atoms with van der Waals surface area (Å²) in [4.78, 5) is 33.1. The van der Waals surface area contributed by atoms with Gasteiger partial charge >= 0.3 is 0 Å². The molecule has 0 bridgehead atoms. The lowest BCUT2D eigenvalue weighted by molar-refractivity contribution is -0.121. The number of amides is 1. The Morgan fingerprint density at radius 3 is 2.41 bits per heavy atom. The second kappa shape index (κ2) is 12.3. The minimum Gasteiger partial charge on any atom is -0.341 e. The van der Waals surface area contributed by atoms with E-state index in [1.165, 1.54) is 24.0 Å². The van der Waals surface area contributed by atoms with Gasteiger partial charge < -0.3 is 10.2 Å². The summed E-state index contributed by atoms with van der Waals surface area (Å²) in [5, 5.41) is 4.22. The van der Waals surface area contributed by atoms with E-state index >= 15 is 0 Å². The first kappa shape index (κ1) is 28.4. The Morgan fingerprint density at radius 1 is 0.909 bits per heavy atom. The van der Waals surface area contributed by atoms with Gasteiger partial charge in [0.25, 0.3) is 0 Å². The number of hydrogen-bond acceptors (Lipinski definition) is 6. The molecule has 0 aliphatic carbocycles. The number of rotatable bonds is 8. The van der Waals surface area contributed by atoms with E-state index in [-0.39, 0.29) is 11.8 Å². The van der Waals surface area contributed by atoms with E-state index in [9.17, 15) is 4.79 Å². The number of carbonyl (C=O) groups excluding carboxylic acids is 1. The molecule has 3 aliphatic rings. The number of aryl methyl sites for hydroxylation is 1. The van der Waals surface area contributed by atoms with Gasteiger partial charge in [-0.15, -0.1) is 0 Å². The van der Waals surface area contributed by atoms with Crippen molar-refractivity contribution in [2.24, 2.45) is 10.9 Å². The molecule has 7 heteroatoms. The lowest BCUT2D eigenvalue weighted by atomic mass is 9.86. The fraction of sp³-hybridized carbons (Fsp3) is 0.351. The number of piperidine rings is 1. The summed E-state index contributed by atoms with van der Waals surface area (Å²) >= 11 is 0.